The first-order chi connectivity index (χ1) is 17.2. The molecule has 172 valence electrons. The van der Waals surface area contributed by atoms with Gasteiger partial charge in [-0.25, -0.2) is 0 Å². The Bertz CT molecular complexity index is 1190. The minimum atomic E-state index is -1.70. The lowest BCUT2D eigenvalue weighted by Gasteiger charge is -2.29. The summed E-state index contributed by atoms with van der Waals surface area (Å²) >= 11 is 0. The number of benzene rings is 2. The molecule has 2 atom stereocenters. The average Bonchev–Trinajstić information content (AvgIpc) is 3.17. The second-order valence-electron chi connectivity index (χ2n) is 8.27. The lowest BCUT2D eigenvalue weighted by Crippen LogP contribution is -2.52. The van der Waals surface area contributed by atoms with Crippen molar-refractivity contribution in [3.63, 3.8) is 0 Å². The van der Waals surface area contributed by atoms with Crippen LogP contribution >= 0.6 is 0 Å². The van der Waals surface area contributed by atoms with Gasteiger partial charge in [-0.15, -0.1) is 0 Å². The second-order valence-corrected chi connectivity index (χ2v) is 8.27. The largest absolute Gasteiger partial charge is 0.489 e. The number of hydrogen-bond acceptors (Lipinski definition) is 6. The van der Waals surface area contributed by atoms with Crippen molar-refractivity contribution in [3.05, 3.63) is 64.7 Å². The van der Waals surface area contributed by atoms with Gasteiger partial charge in [0.2, 0.25) is 11.8 Å². The molecule has 2 saturated heterocycles. The van der Waals surface area contributed by atoms with Crippen LogP contribution < -0.4 is 10.1 Å². The van der Waals surface area contributed by atoms with Gasteiger partial charge in [0.25, 0.3) is 5.91 Å². The predicted octanol–water partition coefficient (Wildman–Crippen LogP) is 1.86. The van der Waals surface area contributed by atoms with Crippen LogP contribution in [-0.2, 0) is 34.0 Å². The summed E-state index contributed by atoms with van der Waals surface area (Å²) < 4.78 is 35.5. The molecule has 0 spiro atoms. The molecule has 0 saturated carbocycles. The van der Waals surface area contributed by atoms with E-state index in [9.17, 15) is 14.4 Å². The van der Waals surface area contributed by atoms with Crippen LogP contribution in [0.2, 0.25) is 0 Å². The molecule has 3 heterocycles. The highest BCUT2D eigenvalue weighted by atomic mass is 16.5. The minimum Gasteiger partial charge on any atom is -0.489 e. The number of carbonyl (C=O) groups excluding carboxylic acids is 3. The van der Waals surface area contributed by atoms with Crippen molar-refractivity contribution in [1.82, 2.24) is 15.1 Å². The Morgan fingerprint density at radius 2 is 1.91 bits per heavy atom. The number of nitrogens with one attached hydrogen (secondary N) is 1. The highest BCUT2D eigenvalue weighted by Crippen LogP contribution is 2.34. The molecule has 8 heteroatoms. The number of piperidine rings is 1. The van der Waals surface area contributed by atoms with Gasteiger partial charge in [0, 0.05) is 41.2 Å². The molecule has 2 fully saturated rings. The van der Waals surface area contributed by atoms with Gasteiger partial charge >= 0.3 is 0 Å². The summed E-state index contributed by atoms with van der Waals surface area (Å²) in [5.74, 6) is -0.446. The number of nitrogens with zero attached hydrogens (tertiary/aromatic N) is 2. The summed E-state index contributed by atoms with van der Waals surface area (Å²) in [5, 5.41) is 2.31. The maximum atomic E-state index is 13.0. The van der Waals surface area contributed by atoms with Crippen molar-refractivity contribution in [2.75, 3.05) is 26.2 Å². The number of rotatable bonds is 6. The SMILES string of the molecule is [2H]C1COCC([2H])([2H])N1Cc1ccc(COc2cccc3c2CN(C2CCC(=O)NC2=O)C3=O)cc1. The third-order valence-corrected chi connectivity index (χ3v) is 6.09. The Kier molecular flexibility index (Phi) is 5.15. The quantitative estimate of drug-likeness (QED) is 0.674. The zero-order chi connectivity index (χ0) is 25.4. The van der Waals surface area contributed by atoms with Crippen molar-refractivity contribution in [2.45, 2.75) is 38.6 Å². The molecule has 2 unspecified atom stereocenters. The lowest BCUT2D eigenvalue weighted by molar-refractivity contribution is -0.136. The number of hydrogen-bond donors (Lipinski definition) is 1. The summed E-state index contributed by atoms with van der Waals surface area (Å²) in [7, 11) is 0. The fourth-order valence-electron chi connectivity index (χ4n) is 4.31. The van der Waals surface area contributed by atoms with E-state index in [-0.39, 0.29) is 44.6 Å². The maximum Gasteiger partial charge on any atom is 0.255 e. The van der Waals surface area contributed by atoms with Crippen LogP contribution in [0.5, 0.6) is 5.75 Å². The standard InChI is InChI=1S/C25H27N3O5/c29-23-9-8-21(24(30)26-23)28-15-20-19(25(28)31)2-1-3-22(20)33-16-18-6-4-17(5-7-18)14-27-10-12-32-13-11-27/h1-7,21H,8-16H2,(H,26,29,30)/i10D,11D2. The number of amides is 3. The molecule has 5 rings (SSSR count). The first-order valence-electron chi connectivity index (χ1n) is 12.5. The molecular formula is C25H27N3O5. The Morgan fingerprint density at radius 1 is 1.09 bits per heavy atom. The molecule has 3 aliphatic rings. The first-order valence-corrected chi connectivity index (χ1v) is 11.0. The van der Waals surface area contributed by atoms with Gasteiger partial charge in [0.15, 0.2) is 0 Å². The van der Waals surface area contributed by atoms with Crippen molar-refractivity contribution in [2.24, 2.45) is 0 Å². The lowest BCUT2D eigenvalue weighted by atomic mass is 10.0. The van der Waals surface area contributed by atoms with Gasteiger partial charge in [-0.2, -0.15) is 0 Å². The van der Waals surface area contributed by atoms with Gasteiger partial charge in [-0.1, -0.05) is 30.3 Å². The summed E-state index contributed by atoms with van der Waals surface area (Å²) in [5.41, 5.74) is 3.00. The van der Waals surface area contributed by atoms with Crippen molar-refractivity contribution < 1.29 is 28.0 Å². The third-order valence-electron chi connectivity index (χ3n) is 6.09. The fourth-order valence-corrected chi connectivity index (χ4v) is 4.31. The molecule has 0 aromatic heterocycles. The van der Waals surface area contributed by atoms with Crippen LogP contribution in [0.15, 0.2) is 42.5 Å². The smallest absolute Gasteiger partial charge is 0.255 e. The van der Waals surface area contributed by atoms with E-state index in [1.54, 1.807) is 18.2 Å². The number of ether oxygens (including phenoxy) is 2. The number of carbonyl (C=O) groups is 3. The van der Waals surface area contributed by atoms with Gasteiger partial charge in [-0.3, -0.25) is 24.6 Å². The molecule has 3 amide bonds. The first kappa shape index (κ1) is 18.2. The Labute approximate surface area is 196 Å². The van der Waals surface area contributed by atoms with E-state index in [1.165, 1.54) is 9.80 Å². The molecule has 3 aliphatic heterocycles. The Morgan fingerprint density at radius 3 is 2.70 bits per heavy atom. The van der Waals surface area contributed by atoms with Crippen LogP contribution in [0.1, 0.15) is 44.0 Å². The van der Waals surface area contributed by atoms with Crippen LogP contribution in [-0.4, -0.2) is 59.8 Å². The second kappa shape index (κ2) is 9.33. The summed E-state index contributed by atoms with van der Waals surface area (Å²) in [6.07, 6.45) is 0.508. The molecule has 1 N–H and O–H groups in total. The van der Waals surface area contributed by atoms with E-state index in [2.05, 4.69) is 5.32 Å². The highest BCUT2D eigenvalue weighted by molar-refractivity contribution is 6.05. The topological polar surface area (TPSA) is 88.2 Å². The molecular weight excluding hydrogens is 422 g/mol. The highest BCUT2D eigenvalue weighted by Gasteiger charge is 2.40. The van der Waals surface area contributed by atoms with E-state index in [4.69, 9.17) is 13.6 Å². The van der Waals surface area contributed by atoms with E-state index >= 15 is 0 Å². The molecule has 33 heavy (non-hydrogen) atoms. The van der Waals surface area contributed by atoms with Crippen molar-refractivity contribution in [3.8, 4) is 5.75 Å². The third kappa shape index (κ3) is 4.62. The summed E-state index contributed by atoms with van der Waals surface area (Å²) in [6, 6.07) is 12.2. The molecule has 2 aromatic rings. The number of fused-ring (bicyclic) bond motifs is 1. The van der Waals surface area contributed by atoms with E-state index in [0.29, 0.717) is 24.3 Å². The maximum absolute atomic E-state index is 13.0. The van der Waals surface area contributed by atoms with Crippen molar-refractivity contribution >= 4 is 17.7 Å². The Hall–Kier alpha value is -3.23. The summed E-state index contributed by atoms with van der Waals surface area (Å²) in [4.78, 5) is 39.7. The van der Waals surface area contributed by atoms with Crippen LogP contribution in [0.25, 0.3) is 0 Å². The molecule has 2 aromatic carbocycles. The zero-order valence-electron chi connectivity index (χ0n) is 21.1. The van der Waals surface area contributed by atoms with E-state index in [1.807, 2.05) is 24.3 Å². The molecule has 0 bridgehead atoms. The molecule has 0 radical (unpaired) electrons. The van der Waals surface area contributed by atoms with Crippen LogP contribution in [0.4, 0.5) is 0 Å². The molecule has 8 nitrogen and oxygen atoms in total. The van der Waals surface area contributed by atoms with Gasteiger partial charge in [0.1, 0.15) is 18.4 Å². The normalized spacial score (nSPS) is 26.2. The molecule has 0 aliphatic carbocycles. The average molecular weight is 453 g/mol. The van der Waals surface area contributed by atoms with Crippen molar-refractivity contribution in [1.29, 1.82) is 0 Å². The zero-order valence-corrected chi connectivity index (χ0v) is 18.1. The van der Waals surface area contributed by atoms with Gasteiger partial charge < -0.3 is 14.4 Å². The number of imide groups is 1. The number of morpholine rings is 1. The van der Waals surface area contributed by atoms with Gasteiger partial charge in [0.05, 0.1) is 19.8 Å². The summed E-state index contributed by atoms with van der Waals surface area (Å²) in [6.45, 7) is -1.53. The van der Waals surface area contributed by atoms with E-state index in [0.717, 1.165) is 16.7 Å². The van der Waals surface area contributed by atoms with Gasteiger partial charge in [-0.05, 0) is 29.7 Å². The van der Waals surface area contributed by atoms with Crippen LogP contribution in [0, 0.1) is 0 Å². The van der Waals surface area contributed by atoms with Crippen LogP contribution in [0.3, 0.4) is 0 Å². The minimum absolute atomic E-state index is 0.0564. The fraction of sp³-hybridized carbons (Fsp3) is 0.400. The Balaban J connectivity index is 1.24. The monoisotopic (exact) mass is 452 g/mol. The van der Waals surface area contributed by atoms with E-state index < -0.39 is 25.0 Å². The predicted molar refractivity (Wildman–Crippen MR) is 119 cm³/mol.